The number of furan rings is 1. The Balaban J connectivity index is 1.36. The standard InChI is InChI=1S/C26H35N3O2/c1-21(2)9-16-29(25-10-14-28(15-11-25)18-23-4-3-13-27-23)24-5-7-26(8-6-24)31-20-22-12-17-30-19-22/h3-8,12-13,17,19,21,25,27H,9-11,14-16,18,20H2,1-2H3. The SMILES string of the molecule is CC(C)CCN(c1ccc(OCc2ccoc2)cc1)C1CCN(Cc2ccc[nH]2)CC1. The van der Waals surface area contributed by atoms with Crippen LogP contribution in [0.15, 0.2) is 65.6 Å². The molecule has 1 N–H and O–H groups in total. The Labute approximate surface area is 186 Å². The number of anilines is 1. The first-order valence-electron chi connectivity index (χ1n) is 11.5. The number of benzene rings is 1. The van der Waals surface area contributed by atoms with Crippen molar-refractivity contribution >= 4 is 5.69 Å². The van der Waals surface area contributed by atoms with Crippen LogP contribution in [-0.4, -0.2) is 35.6 Å². The minimum absolute atomic E-state index is 0.534. The topological polar surface area (TPSA) is 44.6 Å². The van der Waals surface area contributed by atoms with E-state index in [4.69, 9.17) is 9.15 Å². The van der Waals surface area contributed by atoms with Crippen molar-refractivity contribution in [2.24, 2.45) is 5.92 Å². The molecule has 5 heteroatoms. The molecule has 1 aliphatic heterocycles. The highest BCUT2D eigenvalue weighted by atomic mass is 16.5. The number of aromatic amines is 1. The van der Waals surface area contributed by atoms with Crippen LogP contribution in [0.3, 0.4) is 0 Å². The van der Waals surface area contributed by atoms with Gasteiger partial charge >= 0.3 is 0 Å². The lowest BCUT2D eigenvalue weighted by Crippen LogP contribution is -2.45. The molecule has 31 heavy (non-hydrogen) atoms. The summed E-state index contributed by atoms with van der Waals surface area (Å²) in [7, 11) is 0. The molecule has 5 nitrogen and oxygen atoms in total. The van der Waals surface area contributed by atoms with Gasteiger partial charge in [-0.15, -0.1) is 0 Å². The monoisotopic (exact) mass is 421 g/mol. The summed E-state index contributed by atoms with van der Waals surface area (Å²) in [4.78, 5) is 8.53. The van der Waals surface area contributed by atoms with E-state index in [-0.39, 0.29) is 0 Å². The zero-order chi connectivity index (χ0) is 21.5. The van der Waals surface area contributed by atoms with E-state index in [1.165, 1.54) is 30.6 Å². The summed E-state index contributed by atoms with van der Waals surface area (Å²) in [6.45, 7) is 9.57. The molecule has 2 aromatic heterocycles. The van der Waals surface area contributed by atoms with Crippen molar-refractivity contribution in [3.8, 4) is 5.75 Å². The van der Waals surface area contributed by atoms with Crippen LogP contribution in [-0.2, 0) is 13.2 Å². The normalized spacial score (nSPS) is 15.5. The van der Waals surface area contributed by atoms with Crippen LogP contribution < -0.4 is 9.64 Å². The lowest BCUT2D eigenvalue weighted by Gasteiger charge is -2.40. The first-order valence-corrected chi connectivity index (χ1v) is 11.5. The summed E-state index contributed by atoms with van der Waals surface area (Å²) >= 11 is 0. The maximum Gasteiger partial charge on any atom is 0.119 e. The zero-order valence-corrected chi connectivity index (χ0v) is 18.8. The van der Waals surface area contributed by atoms with E-state index in [1.54, 1.807) is 12.5 Å². The van der Waals surface area contributed by atoms with Gasteiger partial charge in [-0.2, -0.15) is 0 Å². The second-order valence-electron chi connectivity index (χ2n) is 8.99. The molecule has 3 aromatic rings. The summed E-state index contributed by atoms with van der Waals surface area (Å²) in [5.41, 5.74) is 3.66. The van der Waals surface area contributed by atoms with Crippen molar-refractivity contribution in [1.82, 2.24) is 9.88 Å². The van der Waals surface area contributed by atoms with Gasteiger partial charge in [0.2, 0.25) is 0 Å². The first kappa shape index (κ1) is 21.6. The summed E-state index contributed by atoms with van der Waals surface area (Å²) in [6, 6.07) is 15.4. The van der Waals surface area contributed by atoms with Gasteiger partial charge in [-0.3, -0.25) is 4.90 Å². The van der Waals surface area contributed by atoms with Gasteiger partial charge in [-0.1, -0.05) is 13.8 Å². The van der Waals surface area contributed by atoms with Gasteiger partial charge in [-0.25, -0.2) is 0 Å². The molecule has 0 bridgehead atoms. The van der Waals surface area contributed by atoms with Crippen molar-refractivity contribution in [2.75, 3.05) is 24.5 Å². The predicted molar refractivity (Wildman–Crippen MR) is 125 cm³/mol. The molecule has 0 spiro atoms. The van der Waals surface area contributed by atoms with Crippen LogP contribution in [0.2, 0.25) is 0 Å². The fourth-order valence-electron chi connectivity index (χ4n) is 4.29. The van der Waals surface area contributed by atoms with Crippen molar-refractivity contribution in [1.29, 1.82) is 0 Å². The van der Waals surface area contributed by atoms with Crippen LogP contribution in [0.25, 0.3) is 0 Å². The minimum atomic E-state index is 0.534. The van der Waals surface area contributed by atoms with Crippen molar-refractivity contribution in [3.05, 3.63) is 72.4 Å². The molecular formula is C26H35N3O2. The minimum Gasteiger partial charge on any atom is -0.489 e. The summed E-state index contributed by atoms with van der Waals surface area (Å²) in [5, 5.41) is 0. The highest BCUT2D eigenvalue weighted by Crippen LogP contribution is 2.27. The maximum atomic E-state index is 5.90. The Morgan fingerprint density at radius 2 is 1.94 bits per heavy atom. The average molecular weight is 422 g/mol. The predicted octanol–water partition coefficient (Wildman–Crippen LogP) is 5.70. The maximum absolute atomic E-state index is 5.90. The van der Waals surface area contributed by atoms with Crippen LogP contribution >= 0.6 is 0 Å². The van der Waals surface area contributed by atoms with Crippen LogP contribution in [0.1, 0.15) is 44.4 Å². The van der Waals surface area contributed by atoms with Gasteiger partial charge in [-0.05, 0) is 67.6 Å². The summed E-state index contributed by atoms with van der Waals surface area (Å²) in [5.74, 6) is 1.60. The van der Waals surface area contributed by atoms with Crippen LogP contribution in [0.4, 0.5) is 5.69 Å². The van der Waals surface area contributed by atoms with Crippen molar-refractivity contribution in [3.63, 3.8) is 0 Å². The molecule has 166 valence electrons. The molecule has 0 atom stereocenters. The van der Waals surface area contributed by atoms with Gasteiger partial charge in [0.15, 0.2) is 0 Å². The van der Waals surface area contributed by atoms with Gasteiger partial charge < -0.3 is 19.0 Å². The molecule has 0 unspecified atom stereocenters. The zero-order valence-electron chi connectivity index (χ0n) is 18.8. The van der Waals surface area contributed by atoms with Gasteiger partial charge in [0.25, 0.3) is 0 Å². The molecule has 1 aromatic carbocycles. The molecule has 4 rings (SSSR count). The molecule has 3 heterocycles. The Bertz CT molecular complexity index is 864. The number of piperidine rings is 1. The highest BCUT2D eigenvalue weighted by Gasteiger charge is 2.25. The number of hydrogen-bond acceptors (Lipinski definition) is 4. The van der Waals surface area contributed by atoms with Crippen molar-refractivity contribution < 1.29 is 9.15 Å². The Morgan fingerprint density at radius 3 is 2.58 bits per heavy atom. The molecule has 0 aliphatic carbocycles. The van der Waals surface area contributed by atoms with E-state index < -0.39 is 0 Å². The Kier molecular flexibility index (Phi) is 7.36. The van der Waals surface area contributed by atoms with E-state index in [0.29, 0.717) is 18.6 Å². The summed E-state index contributed by atoms with van der Waals surface area (Å²) in [6.07, 6.45) is 9.04. The number of nitrogens with one attached hydrogen (secondary N) is 1. The average Bonchev–Trinajstić information content (AvgIpc) is 3.48. The lowest BCUT2D eigenvalue weighted by atomic mass is 10.0. The highest BCUT2D eigenvalue weighted by molar-refractivity contribution is 5.50. The Hall–Kier alpha value is -2.66. The number of aromatic nitrogens is 1. The fraction of sp³-hybridized carbons (Fsp3) is 0.462. The summed E-state index contributed by atoms with van der Waals surface area (Å²) < 4.78 is 11.0. The van der Waals surface area contributed by atoms with Crippen LogP contribution in [0.5, 0.6) is 5.75 Å². The number of rotatable bonds is 10. The fourth-order valence-corrected chi connectivity index (χ4v) is 4.29. The quantitative estimate of drug-likeness (QED) is 0.456. The van der Waals surface area contributed by atoms with Gasteiger partial charge in [0.1, 0.15) is 12.4 Å². The van der Waals surface area contributed by atoms with E-state index in [2.05, 4.69) is 65.0 Å². The van der Waals surface area contributed by atoms with E-state index in [0.717, 1.165) is 37.5 Å². The first-order chi connectivity index (χ1) is 15.2. The van der Waals surface area contributed by atoms with E-state index in [1.807, 2.05) is 12.3 Å². The number of hydrogen-bond donors (Lipinski definition) is 1. The van der Waals surface area contributed by atoms with Gasteiger partial charge in [0, 0.05) is 55.4 Å². The Morgan fingerprint density at radius 1 is 1.13 bits per heavy atom. The number of ether oxygens (including phenoxy) is 1. The molecule has 1 fully saturated rings. The third-order valence-electron chi connectivity index (χ3n) is 6.16. The van der Waals surface area contributed by atoms with Crippen LogP contribution in [0, 0.1) is 5.92 Å². The molecule has 0 amide bonds. The number of likely N-dealkylation sites (tertiary alicyclic amines) is 1. The second kappa shape index (κ2) is 10.6. The van der Waals surface area contributed by atoms with Gasteiger partial charge in [0.05, 0.1) is 12.5 Å². The number of nitrogens with zero attached hydrogens (tertiary/aromatic N) is 2. The third kappa shape index (κ3) is 6.17. The largest absolute Gasteiger partial charge is 0.489 e. The lowest BCUT2D eigenvalue weighted by molar-refractivity contribution is 0.199. The van der Waals surface area contributed by atoms with E-state index in [9.17, 15) is 0 Å². The second-order valence-corrected chi connectivity index (χ2v) is 8.99. The third-order valence-corrected chi connectivity index (χ3v) is 6.16. The molecular weight excluding hydrogens is 386 g/mol. The molecule has 1 saturated heterocycles. The molecule has 1 aliphatic rings. The smallest absolute Gasteiger partial charge is 0.119 e. The van der Waals surface area contributed by atoms with E-state index >= 15 is 0 Å². The van der Waals surface area contributed by atoms with Crippen molar-refractivity contribution in [2.45, 2.75) is 52.3 Å². The number of H-pyrrole nitrogens is 1. The molecule has 0 radical (unpaired) electrons. The molecule has 0 saturated carbocycles.